The molecule has 0 saturated heterocycles. The predicted octanol–water partition coefficient (Wildman–Crippen LogP) is 2.83. The van der Waals surface area contributed by atoms with E-state index in [4.69, 9.17) is 11.6 Å². The summed E-state index contributed by atoms with van der Waals surface area (Å²) >= 11 is 5.83. The first-order chi connectivity index (χ1) is 10.0. The number of hydrogen-bond donors (Lipinski definition) is 1. The van der Waals surface area contributed by atoms with Gasteiger partial charge in [-0.05, 0) is 41.9 Å². The lowest BCUT2D eigenvalue weighted by Crippen LogP contribution is -2.27. The molecule has 3 aromatic rings. The van der Waals surface area contributed by atoms with Crippen molar-refractivity contribution in [2.45, 2.75) is 6.54 Å². The fraction of sp³-hybridized carbons (Fsp3) is 0.200. The van der Waals surface area contributed by atoms with Crippen LogP contribution in [0.3, 0.4) is 0 Å². The van der Waals surface area contributed by atoms with E-state index in [-0.39, 0.29) is 5.91 Å². The average Bonchev–Trinajstić information content (AvgIpc) is 3.02. The van der Waals surface area contributed by atoms with Gasteiger partial charge in [-0.1, -0.05) is 0 Å². The van der Waals surface area contributed by atoms with Gasteiger partial charge in [-0.2, -0.15) is 0 Å². The topological polar surface area (TPSA) is 53.9 Å². The largest absolute Gasteiger partial charge is 0.353 e. The van der Waals surface area contributed by atoms with Crippen LogP contribution in [0.1, 0.15) is 16.1 Å². The summed E-state index contributed by atoms with van der Waals surface area (Å²) in [6.07, 6.45) is 1.96. The minimum absolute atomic E-state index is 0.0381. The van der Waals surface area contributed by atoms with Gasteiger partial charge in [0.15, 0.2) is 0 Å². The maximum Gasteiger partial charge on any atom is 0.254 e. The molecule has 0 atom stereocenters. The lowest BCUT2D eigenvalue weighted by atomic mass is 10.1. The smallest absolute Gasteiger partial charge is 0.254 e. The molecular formula is C15H15ClN4O. The highest BCUT2D eigenvalue weighted by molar-refractivity contribution is 6.29. The fourth-order valence-electron chi connectivity index (χ4n) is 2.31. The number of nitrogens with zero attached hydrogens (tertiary/aromatic N) is 3. The van der Waals surface area contributed by atoms with Crippen molar-refractivity contribution in [3.8, 4) is 0 Å². The number of benzene rings is 1. The third-order valence-corrected chi connectivity index (χ3v) is 3.68. The molecule has 0 unspecified atom stereocenters. The first kappa shape index (κ1) is 13.7. The van der Waals surface area contributed by atoms with E-state index >= 15 is 0 Å². The maximum absolute atomic E-state index is 12.5. The summed E-state index contributed by atoms with van der Waals surface area (Å²) in [6.45, 7) is 0.560. The van der Waals surface area contributed by atoms with E-state index < -0.39 is 0 Å². The molecule has 0 aliphatic rings. The zero-order valence-electron chi connectivity index (χ0n) is 11.8. The fourth-order valence-corrected chi connectivity index (χ4v) is 2.50. The molecule has 1 aromatic carbocycles. The van der Waals surface area contributed by atoms with Crippen molar-refractivity contribution >= 4 is 28.5 Å². The van der Waals surface area contributed by atoms with Crippen molar-refractivity contribution in [3.05, 3.63) is 53.1 Å². The van der Waals surface area contributed by atoms with Gasteiger partial charge in [0.2, 0.25) is 5.28 Å². The summed E-state index contributed by atoms with van der Waals surface area (Å²) in [4.78, 5) is 21.2. The first-order valence-electron chi connectivity index (χ1n) is 6.55. The predicted molar refractivity (Wildman–Crippen MR) is 82.3 cm³/mol. The molecule has 5 nitrogen and oxygen atoms in total. The Kier molecular flexibility index (Phi) is 3.43. The molecule has 0 bridgehead atoms. The van der Waals surface area contributed by atoms with Crippen LogP contribution in [0.5, 0.6) is 0 Å². The van der Waals surface area contributed by atoms with Gasteiger partial charge in [0.1, 0.15) is 0 Å². The number of imidazole rings is 1. The Balaban J connectivity index is 1.83. The third-order valence-electron chi connectivity index (χ3n) is 3.50. The molecule has 3 rings (SSSR count). The van der Waals surface area contributed by atoms with Gasteiger partial charge in [0.25, 0.3) is 5.91 Å². The van der Waals surface area contributed by atoms with Crippen LogP contribution in [0, 0.1) is 0 Å². The number of carbonyl (C=O) groups is 1. The van der Waals surface area contributed by atoms with Crippen molar-refractivity contribution in [2.75, 3.05) is 7.05 Å². The number of carbonyl (C=O) groups excluding carboxylic acids is 1. The van der Waals surface area contributed by atoms with Gasteiger partial charge >= 0.3 is 0 Å². The van der Waals surface area contributed by atoms with E-state index in [9.17, 15) is 4.79 Å². The van der Waals surface area contributed by atoms with E-state index in [0.29, 0.717) is 17.4 Å². The minimum Gasteiger partial charge on any atom is -0.353 e. The normalized spacial score (nSPS) is 11.0. The van der Waals surface area contributed by atoms with Crippen molar-refractivity contribution in [3.63, 3.8) is 0 Å². The van der Waals surface area contributed by atoms with Crippen LogP contribution < -0.4 is 0 Å². The molecule has 6 heteroatoms. The van der Waals surface area contributed by atoms with E-state index in [1.165, 1.54) is 0 Å². The maximum atomic E-state index is 12.5. The lowest BCUT2D eigenvalue weighted by molar-refractivity contribution is 0.0782. The Morgan fingerprint density at radius 2 is 2.24 bits per heavy atom. The molecule has 0 spiro atoms. The highest BCUT2D eigenvalue weighted by Gasteiger charge is 2.14. The number of aromatic nitrogens is 3. The van der Waals surface area contributed by atoms with Crippen LogP contribution in [0.4, 0.5) is 0 Å². The second-order valence-corrected chi connectivity index (χ2v) is 5.39. The van der Waals surface area contributed by atoms with Gasteiger partial charge in [-0.15, -0.1) is 0 Å². The lowest BCUT2D eigenvalue weighted by Gasteiger charge is -2.17. The highest BCUT2D eigenvalue weighted by atomic mass is 35.5. The number of rotatable bonds is 3. The molecule has 108 valence electrons. The minimum atomic E-state index is -0.0381. The number of amides is 1. The number of aryl methyl sites for hydroxylation is 1. The first-order valence-corrected chi connectivity index (χ1v) is 6.93. The van der Waals surface area contributed by atoms with Crippen LogP contribution in [0.25, 0.3) is 11.0 Å². The summed E-state index contributed by atoms with van der Waals surface area (Å²) in [7, 11) is 3.76. The number of aromatic amines is 1. The Bertz CT molecular complexity index is 805. The van der Waals surface area contributed by atoms with Crippen LogP contribution in [0.2, 0.25) is 5.28 Å². The van der Waals surface area contributed by atoms with Crippen molar-refractivity contribution < 1.29 is 4.79 Å². The van der Waals surface area contributed by atoms with Crippen LogP contribution in [-0.2, 0) is 13.6 Å². The van der Waals surface area contributed by atoms with Crippen LogP contribution in [-0.4, -0.2) is 32.4 Å². The molecule has 0 aliphatic heterocycles. The Morgan fingerprint density at radius 3 is 2.95 bits per heavy atom. The molecule has 2 aromatic heterocycles. The molecule has 0 fully saturated rings. The van der Waals surface area contributed by atoms with E-state index in [1.807, 2.05) is 29.9 Å². The van der Waals surface area contributed by atoms with Gasteiger partial charge in [0, 0.05) is 31.5 Å². The molecule has 0 aliphatic carbocycles. The standard InChI is InChI=1S/C15H15ClN4O/c1-19-7-3-4-11(19)9-20(2)14(21)10-5-6-12-13(8-10)18-15(16)17-12/h3-8H,9H2,1-2H3,(H,17,18). The Hall–Kier alpha value is -2.27. The van der Waals surface area contributed by atoms with Gasteiger partial charge in [0.05, 0.1) is 17.6 Å². The Labute approximate surface area is 127 Å². The van der Waals surface area contributed by atoms with Gasteiger partial charge in [-0.3, -0.25) is 4.79 Å². The van der Waals surface area contributed by atoms with Gasteiger partial charge in [-0.25, -0.2) is 4.98 Å². The Morgan fingerprint density at radius 1 is 1.43 bits per heavy atom. The van der Waals surface area contributed by atoms with Crippen LogP contribution >= 0.6 is 11.6 Å². The average molecular weight is 303 g/mol. The number of halogens is 1. The molecule has 0 saturated carbocycles. The summed E-state index contributed by atoms with van der Waals surface area (Å²) < 4.78 is 2.00. The quantitative estimate of drug-likeness (QED) is 0.809. The monoisotopic (exact) mass is 302 g/mol. The van der Waals surface area contributed by atoms with Crippen molar-refractivity contribution in [1.82, 2.24) is 19.4 Å². The SMILES string of the molecule is CN(Cc1cccn1C)C(=O)c1ccc2nc(Cl)[nH]c2c1. The molecular weight excluding hydrogens is 288 g/mol. The van der Waals surface area contributed by atoms with E-state index in [1.54, 1.807) is 30.1 Å². The third kappa shape index (κ3) is 2.64. The van der Waals surface area contributed by atoms with Crippen molar-refractivity contribution in [1.29, 1.82) is 0 Å². The summed E-state index contributed by atoms with van der Waals surface area (Å²) in [5.41, 5.74) is 3.20. The summed E-state index contributed by atoms with van der Waals surface area (Å²) in [6, 6.07) is 9.30. The number of fused-ring (bicyclic) bond motifs is 1. The highest BCUT2D eigenvalue weighted by Crippen LogP contribution is 2.17. The molecule has 1 amide bonds. The molecule has 1 N–H and O–H groups in total. The second-order valence-electron chi connectivity index (χ2n) is 5.03. The molecule has 2 heterocycles. The van der Waals surface area contributed by atoms with E-state index in [2.05, 4.69) is 9.97 Å². The zero-order valence-corrected chi connectivity index (χ0v) is 12.6. The van der Waals surface area contributed by atoms with E-state index in [0.717, 1.165) is 16.7 Å². The second kappa shape index (κ2) is 5.26. The number of nitrogens with one attached hydrogen (secondary N) is 1. The number of hydrogen-bond acceptors (Lipinski definition) is 2. The summed E-state index contributed by atoms with van der Waals surface area (Å²) in [5.74, 6) is -0.0381. The van der Waals surface area contributed by atoms with Crippen molar-refractivity contribution in [2.24, 2.45) is 7.05 Å². The molecule has 0 radical (unpaired) electrons. The zero-order chi connectivity index (χ0) is 15.0. The molecule has 21 heavy (non-hydrogen) atoms. The summed E-state index contributed by atoms with van der Waals surface area (Å²) in [5, 5.41) is 0.326. The number of H-pyrrole nitrogens is 1. The van der Waals surface area contributed by atoms with Crippen LogP contribution in [0.15, 0.2) is 36.5 Å². The van der Waals surface area contributed by atoms with Gasteiger partial charge < -0.3 is 14.5 Å².